The fourth-order valence-corrected chi connectivity index (χ4v) is 4.30. The number of ether oxygens (including phenoxy) is 4. The number of benzene rings is 2. The maximum Gasteiger partial charge on any atom is 0.340 e. The zero-order valence-electron chi connectivity index (χ0n) is 18.8. The third kappa shape index (κ3) is 4.36. The third-order valence-corrected chi connectivity index (χ3v) is 6.04. The summed E-state index contributed by atoms with van der Waals surface area (Å²) in [5.41, 5.74) is 2.41. The molecule has 1 aliphatic rings. The zero-order valence-corrected chi connectivity index (χ0v) is 19.6. The smallest absolute Gasteiger partial charge is 0.340 e. The molecule has 0 spiro atoms. The summed E-state index contributed by atoms with van der Waals surface area (Å²) in [5, 5.41) is 1.08. The molecular formula is C24H24ClNO7. The molecule has 0 unspecified atom stereocenters. The van der Waals surface area contributed by atoms with Crippen molar-refractivity contribution in [3.05, 3.63) is 62.0 Å². The first kappa shape index (κ1) is 22.9. The molecule has 33 heavy (non-hydrogen) atoms. The lowest BCUT2D eigenvalue weighted by Gasteiger charge is -2.30. The van der Waals surface area contributed by atoms with Gasteiger partial charge in [-0.25, -0.2) is 4.79 Å². The molecule has 1 aromatic heterocycles. The fourth-order valence-electron chi connectivity index (χ4n) is 4.02. The summed E-state index contributed by atoms with van der Waals surface area (Å²) in [4.78, 5) is 26.5. The maximum absolute atomic E-state index is 12.7. The molecule has 9 heteroatoms. The quantitative estimate of drug-likeness (QED) is 0.394. The van der Waals surface area contributed by atoms with E-state index in [4.69, 9.17) is 35.0 Å². The Bertz CT molecular complexity index is 1280. The van der Waals surface area contributed by atoms with Crippen LogP contribution in [0, 0.1) is 6.92 Å². The first-order valence-electron chi connectivity index (χ1n) is 10.3. The average molecular weight is 474 g/mol. The van der Waals surface area contributed by atoms with Gasteiger partial charge in [0.05, 0.1) is 43.9 Å². The maximum atomic E-state index is 12.7. The lowest BCUT2D eigenvalue weighted by Crippen LogP contribution is -2.32. The Morgan fingerprint density at radius 3 is 2.61 bits per heavy atom. The van der Waals surface area contributed by atoms with Gasteiger partial charge < -0.3 is 23.4 Å². The van der Waals surface area contributed by atoms with Gasteiger partial charge >= 0.3 is 11.6 Å². The highest BCUT2D eigenvalue weighted by atomic mass is 35.5. The highest BCUT2D eigenvalue weighted by Crippen LogP contribution is 2.40. The SMILES string of the molecule is COC(=O)Cc1c(C)c2cc(Cl)c3c(c2oc1=O)CN(Cc1ccc(OC)c(OC)c1)CO3. The van der Waals surface area contributed by atoms with Gasteiger partial charge in [0.15, 0.2) is 11.5 Å². The number of nitrogens with zero attached hydrogens (tertiary/aromatic N) is 1. The Hall–Kier alpha value is -3.23. The van der Waals surface area contributed by atoms with Gasteiger partial charge in [-0.1, -0.05) is 17.7 Å². The number of aryl methyl sites for hydroxylation is 1. The van der Waals surface area contributed by atoms with Crippen molar-refractivity contribution in [2.45, 2.75) is 26.4 Å². The highest BCUT2D eigenvalue weighted by Gasteiger charge is 2.26. The molecule has 0 radical (unpaired) electrons. The molecule has 1 aliphatic heterocycles. The van der Waals surface area contributed by atoms with Crippen molar-refractivity contribution in [1.82, 2.24) is 4.90 Å². The number of carbonyl (C=O) groups excluding carboxylic acids is 1. The Morgan fingerprint density at radius 2 is 1.91 bits per heavy atom. The molecule has 0 bridgehead atoms. The predicted octanol–water partition coefficient (Wildman–Crippen LogP) is 3.84. The van der Waals surface area contributed by atoms with Crippen molar-refractivity contribution in [3.63, 3.8) is 0 Å². The number of fused-ring (bicyclic) bond motifs is 3. The minimum atomic E-state index is -0.577. The second kappa shape index (κ2) is 9.33. The summed E-state index contributed by atoms with van der Waals surface area (Å²) in [7, 11) is 4.46. The third-order valence-electron chi connectivity index (χ3n) is 5.75. The van der Waals surface area contributed by atoms with Crippen molar-refractivity contribution in [3.8, 4) is 17.2 Å². The lowest BCUT2D eigenvalue weighted by molar-refractivity contribution is -0.139. The van der Waals surface area contributed by atoms with E-state index in [0.29, 0.717) is 64.2 Å². The molecule has 174 valence electrons. The minimum absolute atomic E-state index is 0.169. The number of esters is 1. The van der Waals surface area contributed by atoms with Gasteiger partial charge in [-0.3, -0.25) is 9.69 Å². The summed E-state index contributed by atoms with van der Waals surface area (Å²) in [5.74, 6) is 1.27. The van der Waals surface area contributed by atoms with E-state index in [1.54, 1.807) is 27.2 Å². The van der Waals surface area contributed by atoms with Gasteiger partial charge in [-0.05, 0) is 36.2 Å². The van der Waals surface area contributed by atoms with Crippen LogP contribution in [-0.4, -0.2) is 38.9 Å². The van der Waals surface area contributed by atoms with E-state index >= 15 is 0 Å². The number of halogens is 1. The normalized spacial score (nSPS) is 13.4. The first-order chi connectivity index (χ1) is 15.9. The van der Waals surface area contributed by atoms with Crippen LogP contribution in [0.3, 0.4) is 0 Å². The molecule has 8 nitrogen and oxygen atoms in total. The number of hydrogen-bond acceptors (Lipinski definition) is 8. The first-order valence-corrected chi connectivity index (χ1v) is 10.6. The summed E-state index contributed by atoms with van der Waals surface area (Å²) >= 11 is 6.51. The molecule has 2 aromatic carbocycles. The molecule has 0 atom stereocenters. The van der Waals surface area contributed by atoms with E-state index in [1.807, 2.05) is 18.2 Å². The summed E-state index contributed by atoms with van der Waals surface area (Å²) in [6.45, 7) is 3.11. The van der Waals surface area contributed by atoms with Crippen molar-refractivity contribution in [2.75, 3.05) is 28.1 Å². The van der Waals surface area contributed by atoms with E-state index in [-0.39, 0.29) is 12.0 Å². The molecule has 0 amide bonds. The lowest BCUT2D eigenvalue weighted by atomic mass is 10.00. The Kier molecular flexibility index (Phi) is 6.49. The molecule has 0 saturated carbocycles. The Labute approximate surface area is 195 Å². The molecule has 4 rings (SSSR count). The average Bonchev–Trinajstić information content (AvgIpc) is 2.82. The van der Waals surface area contributed by atoms with E-state index < -0.39 is 11.6 Å². The summed E-state index contributed by atoms with van der Waals surface area (Å²) in [6.07, 6.45) is -0.169. The Morgan fingerprint density at radius 1 is 1.15 bits per heavy atom. The molecule has 0 aliphatic carbocycles. The molecule has 2 heterocycles. The number of hydrogen-bond donors (Lipinski definition) is 0. The monoisotopic (exact) mass is 473 g/mol. The second-order valence-electron chi connectivity index (χ2n) is 7.74. The Balaban J connectivity index is 1.71. The molecule has 0 saturated heterocycles. The fraction of sp³-hybridized carbons (Fsp3) is 0.333. The predicted molar refractivity (Wildman–Crippen MR) is 122 cm³/mol. The number of rotatable bonds is 6. The minimum Gasteiger partial charge on any atom is -0.493 e. The van der Waals surface area contributed by atoms with E-state index in [2.05, 4.69) is 4.90 Å². The molecule has 3 aromatic rings. The van der Waals surface area contributed by atoms with Gasteiger partial charge in [0.2, 0.25) is 0 Å². The van der Waals surface area contributed by atoms with Crippen LogP contribution in [0.4, 0.5) is 0 Å². The summed E-state index contributed by atoms with van der Waals surface area (Å²) in [6, 6.07) is 7.42. The topological polar surface area (TPSA) is 87.4 Å². The van der Waals surface area contributed by atoms with Crippen LogP contribution in [-0.2, 0) is 29.0 Å². The van der Waals surface area contributed by atoms with Gasteiger partial charge in [0.1, 0.15) is 18.1 Å². The van der Waals surface area contributed by atoms with Gasteiger partial charge in [0, 0.05) is 18.5 Å². The van der Waals surface area contributed by atoms with Gasteiger partial charge in [0.25, 0.3) is 0 Å². The van der Waals surface area contributed by atoms with Crippen LogP contribution in [0.2, 0.25) is 5.02 Å². The standard InChI is InChI=1S/C24H24ClNO7/c1-13-15-8-18(25)23-17(22(15)33-24(28)16(13)9-21(27)31-4)11-26(12-32-23)10-14-5-6-19(29-2)20(7-14)30-3/h5-8H,9-12H2,1-4H3. The summed E-state index contributed by atoms with van der Waals surface area (Å²) < 4.78 is 27.0. The van der Waals surface area contributed by atoms with Gasteiger partial charge in [-0.15, -0.1) is 0 Å². The van der Waals surface area contributed by atoms with Crippen LogP contribution in [0.5, 0.6) is 17.2 Å². The van der Waals surface area contributed by atoms with Crippen LogP contribution < -0.4 is 19.8 Å². The second-order valence-corrected chi connectivity index (χ2v) is 8.15. The zero-order chi connectivity index (χ0) is 23.7. The van der Waals surface area contributed by atoms with Crippen molar-refractivity contribution >= 4 is 28.5 Å². The van der Waals surface area contributed by atoms with Crippen LogP contribution in [0.25, 0.3) is 11.0 Å². The highest BCUT2D eigenvalue weighted by molar-refractivity contribution is 6.33. The van der Waals surface area contributed by atoms with Crippen LogP contribution in [0.15, 0.2) is 33.5 Å². The van der Waals surface area contributed by atoms with Crippen molar-refractivity contribution in [2.24, 2.45) is 0 Å². The molecule has 0 N–H and O–H groups in total. The van der Waals surface area contributed by atoms with Crippen molar-refractivity contribution in [1.29, 1.82) is 0 Å². The van der Waals surface area contributed by atoms with E-state index in [9.17, 15) is 9.59 Å². The largest absolute Gasteiger partial charge is 0.493 e. The van der Waals surface area contributed by atoms with Gasteiger partial charge in [-0.2, -0.15) is 0 Å². The number of carbonyl (C=O) groups is 1. The van der Waals surface area contributed by atoms with E-state index in [1.165, 1.54) is 7.11 Å². The molecular weight excluding hydrogens is 450 g/mol. The van der Waals surface area contributed by atoms with Crippen LogP contribution >= 0.6 is 11.6 Å². The molecule has 0 fully saturated rings. The van der Waals surface area contributed by atoms with Crippen LogP contribution in [0.1, 0.15) is 22.3 Å². The van der Waals surface area contributed by atoms with Crippen molar-refractivity contribution < 1.29 is 28.2 Å². The number of methoxy groups -OCH3 is 3. The van der Waals surface area contributed by atoms with E-state index in [0.717, 1.165) is 5.56 Å².